The second-order valence-corrected chi connectivity index (χ2v) is 11.0. The smallest absolute Gasteiger partial charge is 0.255 e. The molecule has 1 atom stereocenters. The Morgan fingerprint density at radius 2 is 1.55 bits per heavy atom. The number of nitrogen functional groups attached to an aromatic ring is 1. The van der Waals surface area contributed by atoms with Gasteiger partial charge in [0.05, 0.1) is 11.4 Å². The highest BCUT2D eigenvalue weighted by atomic mass is 79.9. The third kappa shape index (κ3) is 7.36. The number of likely N-dealkylation sites (tertiary alicyclic amines) is 1. The summed E-state index contributed by atoms with van der Waals surface area (Å²) in [5, 5.41) is 5.79. The van der Waals surface area contributed by atoms with E-state index in [1.165, 1.54) is 0 Å². The monoisotopic (exact) mass is 626 g/mol. The number of rotatable bonds is 10. The van der Waals surface area contributed by atoms with Gasteiger partial charge < -0.3 is 26.0 Å². The number of nitrogens with zero attached hydrogens (tertiary/aromatic N) is 1. The van der Waals surface area contributed by atoms with Gasteiger partial charge in [-0.15, -0.1) is 0 Å². The molecule has 0 unspecified atom stereocenters. The summed E-state index contributed by atoms with van der Waals surface area (Å²) in [6, 6.07) is 29.1. The number of para-hydroxylation sites is 2. The third-order valence-corrected chi connectivity index (χ3v) is 7.65. The minimum absolute atomic E-state index is 0.00477. The molecule has 4 N–H and O–H groups in total. The van der Waals surface area contributed by atoms with Crippen LogP contribution in [0.25, 0.3) is 0 Å². The molecule has 0 saturated carbocycles. The van der Waals surface area contributed by atoms with Crippen molar-refractivity contribution in [2.75, 3.05) is 11.1 Å². The molecule has 0 bridgehead atoms. The van der Waals surface area contributed by atoms with Gasteiger partial charge in [0.1, 0.15) is 18.4 Å². The molecule has 0 spiro atoms. The summed E-state index contributed by atoms with van der Waals surface area (Å²) in [4.78, 5) is 39.6. The third-order valence-electron chi connectivity index (χ3n) is 7.12. The molecule has 0 aromatic heterocycles. The fourth-order valence-electron chi connectivity index (χ4n) is 4.73. The second-order valence-electron chi connectivity index (χ2n) is 10.1. The Morgan fingerprint density at radius 1 is 0.881 bits per heavy atom. The van der Waals surface area contributed by atoms with Gasteiger partial charge in [0, 0.05) is 29.5 Å². The van der Waals surface area contributed by atoms with E-state index in [4.69, 9.17) is 10.5 Å². The summed E-state index contributed by atoms with van der Waals surface area (Å²) in [7, 11) is 0. The molecule has 1 aliphatic heterocycles. The Morgan fingerprint density at radius 3 is 2.26 bits per heavy atom. The fraction of sp³-hybridized carbons (Fsp3) is 0.182. The van der Waals surface area contributed by atoms with Gasteiger partial charge in [-0.25, -0.2) is 0 Å². The van der Waals surface area contributed by atoms with Crippen LogP contribution in [0, 0.1) is 0 Å². The Balaban J connectivity index is 1.08. The highest BCUT2D eigenvalue weighted by Crippen LogP contribution is 2.23. The largest absolute Gasteiger partial charge is 0.489 e. The highest BCUT2D eigenvalue weighted by Gasteiger charge is 2.35. The van der Waals surface area contributed by atoms with Gasteiger partial charge >= 0.3 is 0 Å². The van der Waals surface area contributed by atoms with Gasteiger partial charge in [-0.3, -0.25) is 14.4 Å². The van der Waals surface area contributed by atoms with Crippen LogP contribution in [0.4, 0.5) is 11.4 Å². The van der Waals surface area contributed by atoms with E-state index in [9.17, 15) is 14.4 Å². The number of carbonyl (C=O) groups is 3. The van der Waals surface area contributed by atoms with Gasteiger partial charge in [0.25, 0.3) is 5.91 Å². The molecule has 8 nitrogen and oxygen atoms in total. The minimum Gasteiger partial charge on any atom is -0.489 e. The van der Waals surface area contributed by atoms with Crippen molar-refractivity contribution in [3.05, 3.63) is 124 Å². The number of nitrogens with two attached hydrogens (primary N) is 1. The molecule has 1 saturated heterocycles. The van der Waals surface area contributed by atoms with Crippen molar-refractivity contribution in [3.8, 4) is 5.75 Å². The predicted molar refractivity (Wildman–Crippen MR) is 166 cm³/mol. The van der Waals surface area contributed by atoms with Crippen LogP contribution >= 0.6 is 15.9 Å². The summed E-state index contributed by atoms with van der Waals surface area (Å²) < 4.78 is 6.87. The maximum absolute atomic E-state index is 12.9. The van der Waals surface area contributed by atoms with Gasteiger partial charge in [-0.2, -0.15) is 0 Å². The lowest BCUT2D eigenvalue weighted by Crippen LogP contribution is -2.44. The van der Waals surface area contributed by atoms with Crippen LogP contribution in [-0.2, 0) is 29.3 Å². The maximum Gasteiger partial charge on any atom is 0.255 e. The number of carbonyl (C=O) groups excluding carboxylic acids is 3. The van der Waals surface area contributed by atoms with E-state index in [1.807, 2.05) is 72.8 Å². The van der Waals surface area contributed by atoms with Crippen LogP contribution < -0.4 is 21.1 Å². The first-order valence-electron chi connectivity index (χ1n) is 13.6. The summed E-state index contributed by atoms with van der Waals surface area (Å²) in [5.41, 5.74) is 10.3. The Hall–Kier alpha value is -4.63. The van der Waals surface area contributed by atoms with Crippen LogP contribution in [-0.4, -0.2) is 28.7 Å². The number of amides is 3. The van der Waals surface area contributed by atoms with Crippen molar-refractivity contribution in [1.29, 1.82) is 0 Å². The number of hydrogen-bond donors (Lipinski definition) is 3. The van der Waals surface area contributed by atoms with E-state index in [-0.39, 0.29) is 17.7 Å². The lowest BCUT2D eigenvalue weighted by molar-refractivity contribution is -0.135. The lowest BCUT2D eigenvalue weighted by atomic mass is 10.1. The first-order valence-corrected chi connectivity index (χ1v) is 14.4. The normalized spacial score (nSPS) is 14.5. The maximum atomic E-state index is 12.9. The molecule has 4 aromatic carbocycles. The van der Waals surface area contributed by atoms with Crippen LogP contribution in [0.15, 0.2) is 102 Å². The fourth-order valence-corrected chi connectivity index (χ4v) is 4.99. The van der Waals surface area contributed by atoms with Crippen molar-refractivity contribution in [2.24, 2.45) is 0 Å². The Labute approximate surface area is 253 Å². The number of anilines is 2. The molecule has 1 heterocycles. The molecule has 42 heavy (non-hydrogen) atoms. The topological polar surface area (TPSA) is 114 Å². The number of hydrogen-bond acceptors (Lipinski definition) is 5. The molecule has 214 valence electrons. The summed E-state index contributed by atoms with van der Waals surface area (Å²) in [6.07, 6.45) is 0.890. The van der Waals surface area contributed by atoms with Gasteiger partial charge in [-0.05, 0) is 71.6 Å². The van der Waals surface area contributed by atoms with Crippen LogP contribution in [0.1, 0.15) is 39.9 Å². The molecule has 4 aromatic rings. The average Bonchev–Trinajstić information content (AvgIpc) is 3.37. The number of nitrogens with one attached hydrogen (secondary N) is 2. The minimum atomic E-state index is -0.474. The van der Waals surface area contributed by atoms with E-state index in [2.05, 4.69) is 26.6 Å². The first kappa shape index (κ1) is 28.9. The zero-order valence-electron chi connectivity index (χ0n) is 22.9. The van der Waals surface area contributed by atoms with Crippen molar-refractivity contribution in [1.82, 2.24) is 10.2 Å². The molecule has 0 radical (unpaired) electrons. The molecule has 1 aliphatic rings. The van der Waals surface area contributed by atoms with E-state index in [1.54, 1.807) is 29.2 Å². The predicted octanol–water partition coefficient (Wildman–Crippen LogP) is 5.67. The molecule has 9 heteroatoms. The molecule has 5 rings (SSSR count). The van der Waals surface area contributed by atoms with E-state index in [0.29, 0.717) is 55.2 Å². The summed E-state index contributed by atoms with van der Waals surface area (Å²) in [5.74, 6) is 0.297. The lowest BCUT2D eigenvalue weighted by Gasteiger charge is -2.24. The highest BCUT2D eigenvalue weighted by molar-refractivity contribution is 9.10. The van der Waals surface area contributed by atoms with Crippen LogP contribution in [0.2, 0.25) is 0 Å². The first-order chi connectivity index (χ1) is 20.4. The van der Waals surface area contributed by atoms with E-state index in [0.717, 1.165) is 21.2 Å². The van der Waals surface area contributed by atoms with E-state index >= 15 is 0 Å². The standard InChI is InChI=1S/C33H31BrN4O4/c34-26-13-7-23(8-14-26)20-38-30(17-18-31(38)39)33(41)36-19-22-9-15-27(16-10-22)42-21-24-5-11-25(12-6-24)32(40)37-29-4-2-1-3-28(29)35/h1-16,30H,17-21,35H2,(H,36,41)(H,37,40)/t30-/m0/s1. The zero-order valence-corrected chi connectivity index (χ0v) is 24.5. The van der Waals surface area contributed by atoms with Gasteiger partial charge in [0.2, 0.25) is 11.8 Å². The molecular formula is C33H31BrN4O4. The van der Waals surface area contributed by atoms with Crippen LogP contribution in [0.5, 0.6) is 5.75 Å². The zero-order chi connectivity index (χ0) is 29.5. The summed E-state index contributed by atoms with van der Waals surface area (Å²) >= 11 is 3.42. The second kappa shape index (κ2) is 13.4. The molecule has 0 aliphatic carbocycles. The van der Waals surface area contributed by atoms with Crippen molar-refractivity contribution < 1.29 is 19.1 Å². The van der Waals surface area contributed by atoms with Crippen molar-refractivity contribution in [3.63, 3.8) is 0 Å². The number of halogens is 1. The van der Waals surface area contributed by atoms with Crippen molar-refractivity contribution >= 4 is 45.0 Å². The Bertz CT molecular complexity index is 1560. The quantitative estimate of drug-likeness (QED) is 0.196. The summed E-state index contributed by atoms with van der Waals surface area (Å²) in [6.45, 7) is 1.11. The molecule has 3 amide bonds. The Kier molecular flexibility index (Phi) is 9.18. The SMILES string of the molecule is Nc1ccccc1NC(=O)c1ccc(COc2ccc(CNC(=O)[C@@H]3CCC(=O)N3Cc3ccc(Br)cc3)cc2)cc1. The van der Waals surface area contributed by atoms with E-state index < -0.39 is 6.04 Å². The molecular weight excluding hydrogens is 596 g/mol. The van der Waals surface area contributed by atoms with Gasteiger partial charge in [0.15, 0.2) is 0 Å². The number of ether oxygens (including phenoxy) is 1. The molecule has 1 fully saturated rings. The number of benzene rings is 4. The van der Waals surface area contributed by atoms with Gasteiger partial charge in [-0.1, -0.05) is 64.5 Å². The average molecular weight is 628 g/mol. The van der Waals surface area contributed by atoms with Crippen LogP contribution in [0.3, 0.4) is 0 Å². The van der Waals surface area contributed by atoms with Crippen molar-refractivity contribution in [2.45, 2.75) is 38.6 Å².